The number of benzene rings is 1. The number of hydrogen-bond acceptors (Lipinski definition) is 3. The maximum atomic E-state index is 11.9. The van der Waals surface area contributed by atoms with Crippen molar-refractivity contribution < 1.29 is 15.0 Å². The van der Waals surface area contributed by atoms with Gasteiger partial charge in [0.2, 0.25) is 0 Å². The van der Waals surface area contributed by atoms with Crippen molar-refractivity contribution in [2.45, 2.75) is 50.9 Å². The molecule has 1 aromatic carbocycles. The summed E-state index contributed by atoms with van der Waals surface area (Å²) in [6, 6.07) is 6.60. The molecule has 1 saturated carbocycles. The van der Waals surface area contributed by atoms with Gasteiger partial charge < -0.3 is 20.8 Å². The molecule has 1 aliphatic carbocycles. The molecule has 2 amide bonds. The third-order valence-electron chi connectivity index (χ3n) is 3.67. The summed E-state index contributed by atoms with van der Waals surface area (Å²) in [5.41, 5.74) is 1.38. The van der Waals surface area contributed by atoms with E-state index in [0.29, 0.717) is 5.69 Å². The Balaban J connectivity index is 1.92. The molecular formula is C15H22N2O3. The first kappa shape index (κ1) is 14.8. The highest BCUT2D eigenvalue weighted by Gasteiger charge is 2.24. The number of urea groups is 1. The summed E-state index contributed by atoms with van der Waals surface area (Å²) in [6.45, 7) is 1.68. The summed E-state index contributed by atoms with van der Waals surface area (Å²) < 4.78 is 0. The number of aliphatic hydroxyl groups is 2. The summed E-state index contributed by atoms with van der Waals surface area (Å²) in [7, 11) is 0. The second-order valence-corrected chi connectivity index (χ2v) is 5.36. The second-order valence-electron chi connectivity index (χ2n) is 5.36. The lowest BCUT2D eigenvalue weighted by molar-refractivity contribution is 0.0955. The minimum Gasteiger partial charge on any atom is -0.391 e. The van der Waals surface area contributed by atoms with Crippen LogP contribution in [0.4, 0.5) is 10.5 Å². The van der Waals surface area contributed by atoms with Crippen LogP contribution in [0.1, 0.15) is 44.3 Å². The van der Waals surface area contributed by atoms with Crippen LogP contribution in [0.25, 0.3) is 0 Å². The maximum absolute atomic E-state index is 11.9. The van der Waals surface area contributed by atoms with Crippen LogP contribution < -0.4 is 10.6 Å². The van der Waals surface area contributed by atoms with E-state index in [-0.39, 0.29) is 12.1 Å². The van der Waals surface area contributed by atoms with Gasteiger partial charge in [-0.15, -0.1) is 0 Å². The lowest BCUT2D eigenvalue weighted by Crippen LogP contribution is -2.46. The first-order valence-corrected chi connectivity index (χ1v) is 7.10. The number of aliphatic hydroxyl groups excluding tert-OH is 2. The lowest BCUT2D eigenvalue weighted by atomic mass is 9.93. The zero-order chi connectivity index (χ0) is 14.5. The molecule has 0 aliphatic heterocycles. The van der Waals surface area contributed by atoms with Gasteiger partial charge in [0.05, 0.1) is 18.2 Å². The molecule has 1 aromatic rings. The minimum atomic E-state index is -0.569. The Kier molecular flexibility index (Phi) is 4.98. The molecule has 0 bridgehead atoms. The molecule has 0 heterocycles. The van der Waals surface area contributed by atoms with Gasteiger partial charge in [0.1, 0.15) is 0 Å². The first-order valence-electron chi connectivity index (χ1n) is 7.10. The van der Waals surface area contributed by atoms with E-state index in [1.54, 1.807) is 31.2 Å². The third-order valence-corrected chi connectivity index (χ3v) is 3.67. The van der Waals surface area contributed by atoms with Gasteiger partial charge in [0, 0.05) is 5.69 Å². The first-order chi connectivity index (χ1) is 9.56. The normalized spacial score (nSPS) is 23.9. The Labute approximate surface area is 119 Å². The number of carbonyl (C=O) groups is 1. The molecule has 3 unspecified atom stereocenters. The molecule has 1 fully saturated rings. The summed E-state index contributed by atoms with van der Waals surface area (Å²) >= 11 is 0. The summed E-state index contributed by atoms with van der Waals surface area (Å²) in [5, 5.41) is 24.9. The maximum Gasteiger partial charge on any atom is 0.319 e. The topological polar surface area (TPSA) is 81.6 Å². The SMILES string of the molecule is CC(O)c1cccc(NC(=O)NC2CCCCC2O)c1. The van der Waals surface area contributed by atoms with Gasteiger partial charge in [0.15, 0.2) is 0 Å². The molecule has 20 heavy (non-hydrogen) atoms. The quantitative estimate of drug-likeness (QED) is 0.684. The van der Waals surface area contributed by atoms with Crippen molar-refractivity contribution in [2.24, 2.45) is 0 Å². The van der Waals surface area contributed by atoms with Crippen LogP contribution in [0.5, 0.6) is 0 Å². The fourth-order valence-corrected chi connectivity index (χ4v) is 2.49. The fraction of sp³-hybridized carbons (Fsp3) is 0.533. The third kappa shape index (κ3) is 3.95. The highest BCUT2D eigenvalue weighted by Crippen LogP contribution is 2.19. The predicted molar refractivity (Wildman–Crippen MR) is 77.5 cm³/mol. The molecule has 3 atom stereocenters. The Morgan fingerprint density at radius 2 is 2.10 bits per heavy atom. The van der Waals surface area contributed by atoms with Crippen molar-refractivity contribution in [1.82, 2.24) is 5.32 Å². The molecule has 4 N–H and O–H groups in total. The molecule has 2 rings (SSSR count). The van der Waals surface area contributed by atoms with Crippen molar-refractivity contribution in [3.63, 3.8) is 0 Å². The number of amides is 2. The van der Waals surface area contributed by atoms with E-state index < -0.39 is 12.2 Å². The van der Waals surface area contributed by atoms with E-state index in [0.717, 1.165) is 31.2 Å². The van der Waals surface area contributed by atoms with Crippen LogP contribution in [-0.4, -0.2) is 28.4 Å². The Morgan fingerprint density at radius 1 is 1.35 bits per heavy atom. The molecule has 0 saturated heterocycles. The van der Waals surface area contributed by atoms with Gasteiger partial charge in [-0.25, -0.2) is 4.79 Å². The highest BCUT2D eigenvalue weighted by molar-refractivity contribution is 5.89. The number of hydrogen-bond donors (Lipinski definition) is 4. The van der Waals surface area contributed by atoms with E-state index in [1.165, 1.54) is 0 Å². The standard InChI is InChI=1S/C15H22N2O3/c1-10(18)11-5-4-6-12(9-11)16-15(20)17-13-7-2-3-8-14(13)19/h4-6,9-10,13-14,18-19H,2-3,7-8H2,1H3,(H2,16,17,20). The molecule has 110 valence electrons. The monoisotopic (exact) mass is 278 g/mol. The number of rotatable bonds is 3. The van der Waals surface area contributed by atoms with Crippen molar-refractivity contribution in [2.75, 3.05) is 5.32 Å². The predicted octanol–water partition coefficient (Wildman–Crippen LogP) is 2.16. The number of anilines is 1. The van der Waals surface area contributed by atoms with Crippen LogP contribution in [0.3, 0.4) is 0 Å². The van der Waals surface area contributed by atoms with Crippen LogP contribution in [0, 0.1) is 0 Å². The second kappa shape index (κ2) is 6.72. The van der Waals surface area contributed by atoms with Gasteiger partial charge >= 0.3 is 6.03 Å². The Bertz CT molecular complexity index is 462. The van der Waals surface area contributed by atoms with Crippen molar-refractivity contribution in [3.05, 3.63) is 29.8 Å². The van der Waals surface area contributed by atoms with Crippen molar-refractivity contribution in [3.8, 4) is 0 Å². The van der Waals surface area contributed by atoms with Crippen molar-refractivity contribution >= 4 is 11.7 Å². The van der Waals surface area contributed by atoms with Gasteiger partial charge in [0.25, 0.3) is 0 Å². The van der Waals surface area contributed by atoms with Crippen LogP contribution in [0.2, 0.25) is 0 Å². The van der Waals surface area contributed by atoms with E-state index >= 15 is 0 Å². The summed E-state index contributed by atoms with van der Waals surface area (Å²) in [5.74, 6) is 0. The lowest BCUT2D eigenvalue weighted by Gasteiger charge is -2.28. The van der Waals surface area contributed by atoms with E-state index in [4.69, 9.17) is 0 Å². The average Bonchev–Trinajstić information content (AvgIpc) is 2.41. The average molecular weight is 278 g/mol. The zero-order valence-corrected chi connectivity index (χ0v) is 11.7. The molecule has 0 aromatic heterocycles. The Morgan fingerprint density at radius 3 is 2.80 bits per heavy atom. The van der Waals surface area contributed by atoms with Gasteiger partial charge in [-0.3, -0.25) is 0 Å². The van der Waals surface area contributed by atoms with Gasteiger partial charge in [-0.2, -0.15) is 0 Å². The summed E-state index contributed by atoms with van der Waals surface area (Å²) in [6.07, 6.45) is 2.56. The largest absolute Gasteiger partial charge is 0.391 e. The van der Waals surface area contributed by atoms with Gasteiger partial charge in [-0.05, 0) is 37.5 Å². The van der Waals surface area contributed by atoms with E-state index in [9.17, 15) is 15.0 Å². The minimum absolute atomic E-state index is 0.177. The molecular weight excluding hydrogens is 256 g/mol. The van der Waals surface area contributed by atoms with Crippen LogP contribution in [-0.2, 0) is 0 Å². The fourth-order valence-electron chi connectivity index (χ4n) is 2.49. The van der Waals surface area contributed by atoms with E-state index in [2.05, 4.69) is 10.6 Å². The van der Waals surface area contributed by atoms with E-state index in [1.807, 2.05) is 0 Å². The number of carbonyl (C=O) groups excluding carboxylic acids is 1. The highest BCUT2D eigenvalue weighted by atomic mass is 16.3. The molecule has 0 spiro atoms. The molecule has 5 heteroatoms. The Hall–Kier alpha value is -1.59. The summed E-state index contributed by atoms with van der Waals surface area (Å²) in [4.78, 5) is 11.9. The zero-order valence-electron chi connectivity index (χ0n) is 11.7. The molecule has 0 radical (unpaired) electrons. The van der Waals surface area contributed by atoms with Crippen LogP contribution >= 0.6 is 0 Å². The number of nitrogens with one attached hydrogen (secondary N) is 2. The van der Waals surface area contributed by atoms with Gasteiger partial charge in [-0.1, -0.05) is 25.0 Å². The molecule has 1 aliphatic rings. The van der Waals surface area contributed by atoms with Crippen molar-refractivity contribution in [1.29, 1.82) is 0 Å². The van der Waals surface area contributed by atoms with Crippen LogP contribution in [0.15, 0.2) is 24.3 Å². The smallest absolute Gasteiger partial charge is 0.319 e. The molecule has 5 nitrogen and oxygen atoms in total.